The first-order valence-corrected chi connectivity index (χ1v) is 6.91. The van der Waals surface area contributed by atoms with E-state index in [9.17, 15) is 14.4 Å². The maximum absolute atomic E-state index is 11.8. The molecule has 0 aromatic rings. The van der Waals surface area contributed by atoms with E-state index in [4.69, 9.17) is 0 Å². The molecule has 19 heavy (non-hydrogen) atoms. The molecule has 1 aliphatic rings. The van der Waals surface area contributed by atoms with Gasteiger partial charge < -0.3 is 0 Å². The van der Waals surface area contributed by atoms with Crippen molar-refractivity contribution in [1.82, 2.24) is 4.90 Å². The van der Waals surface area contributed by atoms with E-state index in [1.165, 1.54) is 17.9 Å². The molecule has 1 aliphatic carbocycles. The molecule has 0 aliphatic heterocycles. The zero-order valence-corrected chi connectivity index (χ0v) is 12.0. The Morgan fingerprint density at radius 2 is 1.89 bits per heavy atom. The monoisotopic (exact) mass is 265 g/mol. The van der Waals surface area contributed by atoms with Gasteiger partial charge in [0.1, 0.15) is 5.78 Å². The second-order valence-electron chi connectivity index (χ2n) is 5.31. The Kier molecular flexibility index (Phi) is 5.93. The summed E-state index contributed by atoms with van der Waals surface area (Å²) in [5, 5.41) is 0. The van der Waals surface area contributed by atoms with Crippen LogP contribution in [0, 0.1) is 11.8 Å². The molecule has 0 radical (unpaired) electrons. The third-order valence-electron chi connectivity index (χ3n) is 3.75. The van der Waals surface area contributed by atoms with E-state index in [1.54, 1.807) is 19.9 Å². The lowest BCUT2D eigenvalue weighted by Crippen LogP contribution is -2.39. The molecular weight excluding hydrogens is 242 g/mol. The van der Waals surface area contributed by atoms with Crippen LogP contribution in [0.3, 0.4) is 0 Å². The number of imide groups is 1. The summed E-state index contributed by atoms with van der Waals surface area (Å²) in [5.74, 6) is 0.0805. The van der Waals surface area contributed by atoms with Gasteiger partial charge in [-0.05, 0) is 45.1 Å². The van der Waals surface area contributed by atoms with Gasteiger partial charge in [0.25, 0.3) is 5.91 Å². The van der Waals surface area contributed by atoms with Crippen molar-refractivity contribution < 1.29 is 14.4 Å². The maximum atomic E-state index is 11.8. The van der Waals surface area contributed by atoms with Crippen LogP contribution >= 0.6 is 0 Å². The summed E-state index contributed by atoms with van der Waals surface area (Å²) in [7, 11) is 0. The molecule has 0 spiro atoms. The number of nitrogens with zero attached hydrogens (tertiary/aromatic N) is 1. The van der Waals surface area contributed by atoms with Gasteiger partial charge in [-0.2, -0.15) is 0 Å². The number of rotatable bonds is 4. The average Bonchev–Trinajstić information content (AvgIpc) is 2.36. The predicted molar refractivity (Wildman–Crippen MR) is 73.3 cm³/mol. The molecule has 0 saturated heterocycles. The van der Waals surface area contributed by atoms with Crippen molar-refractivity contribution in [3.05, 3.63) is 12.2 Å². The van der Waals surface area contributed by atoms with Crippen LogP contribution in [0.5, 0.6) is 0 Å². The van der Waals surface area contributed by atoms with E-state index in [2.05, 4.69) is 0 Å². The lowest BCUT2D eigenvalue weighted by Gasteiger charge is -2.30. The fourth-order valence-electron chi connectivity index (χ4n) is 2.69. The summed E-state index contributed by atoms with van der Waals surface area (Å²) in [4.78, 5) is 36.1. The van der Waals surface area contributed by atoms with E-state index in [1.807, 2.05) is 0 Å². The molecule has 4 nitrogen and oxygen atoms in total. The third-order valence-corrected chi connectivity index (χ3v) is 3.75. The number of amides is 2. The molecule has 0 aromatic carbocycles. The van der Waals surface area contributed by atoms with Crippen molar-refractivity contribution in [2.24, 2.45) is 11.8 Å². The van der Waals surface area contributed by atoms with Gasteiger partial charge in [-0.1, -0.05) is 12.5 Å². The van der Waals surface area contributed by atoms with Gasteiger partial charge in [0.2, 0.25) is 5.91 Å². The number of Topliss-reactive ketones (excluding diaryl/α,β-unsaturated/α-hetero) is 1. The molecule has 0 heterocycles. The second kappa shape index (κ2) is 7.22. The molecule has 2 amide bonds. The van der Waals surface area contributed by atoms with E-state index in [0.717, 1.165) is 25.7 Å². The lowest BCUT2D eigenvalue weighted by atomic mass is 9.79. The van der Waals surface area contributed by atoms with Crippen molar-refractivity contribution in [1.29, 1.82) is 0 Å². The fraction of sp³-hybridized carbons (Fsp3) is 0.667. The molecular formula is C15H23NO3. The quantitative estimate of drug-likeness (QED) is 0.733. The molecule has 1 fully saturated rings. The predicted octanol–water partition coefficient (Wildman–Crippen LogP) is 2.33. The summed E-state index contributed by atoms with van der Waals surface area (Å²) in [6, 6.07) is 0. The number of hydrogen-bond acceptors (Lipinski definition) is 3. The normalized spacial score (nSPS) is 23.3. The Morgan fingerprint density at radius 1 is 1.21 bits per heavy atom. The van der Waals surface area contributed by atoms with Gasteiger partial charge >= 0.3 is 0 Å². The molecule has 2 unspecified atom stereocenters. The van der Waals surface area contributed by atoms with Gasteiger partial charge in [-0.3, -0.25) is 19.3 Å². The Hall–Kier alpha value is -1.45. The van der Waals surface area contributed by atoms with Crippen LogP contribution in [0.2, 0.25) is 0 Å². The summed E-state index contributed by atoms with van der Waals surface area (Å²) >= 11 is 0. The maximum Gasteiger partial charge on any atom is 0.252 e. The van der Waals surface area contributed by atoms with Crippen molar-refractivity contribution in [2.45, 2.75) is 46.5 Å². The highest BCUT2D eigenvalue weighted by Gasteiger charge is 2.28. The summed E-state index contributed by atoms with van der Waals surface area (Å²) in [6.07, 6.45) is 6.76. The summed E-state index contributed by atoms with van der Waals surface area (Å²) in [5.41, 5.74) is 0. The minimum absolute atomic E-state index is 0.101. The molecule has 1 saturated carbocycles. The van der Waals surface area contributed by atoms with Crippen LogP contribution in [0.15, 0.2) is 12.2 Å². The Balaban J connectivity index is 2.66. The molecule has 0 N–H and O–H groups in total. The molecule has 1 rings (SSSR count). The van der Waals surface area contributed by atoms with Crippen molar-refractivity contribution >= 4 is 17.6 Å². The number of ketones is 1. The van der Waals surface area contributed by atoms with Crippen LogP contribution in [0.1, 0.15) is 46.5 Å². The van der Waals surface area contributed by atoms with E-state index >= 15 is 0 Å². The van der Waals surface area contributed by atoms with Crippen LogP contribution in [-0.2, 0) is 14.4 Å². The summed E-state index contributed by atoms with van der Waals surface area (Å²) < 4.78 is 0. The third kappa shape index (κ3) is 4.62. The number of carbonyl (C=O) groups is 3. The number of allylic oxidation sites excluding steroid dienone is 1. The number of carbonyl (C=O) groups excluding carboxylic acids is 3. The van der Waals surface area contributed by atoms with Crippen LogP contribution in [0.4, 0.5) is 0 Å². The second-order valence-corrected chi connectivity index (χ2v) is 5.31. The van der Waals surface area contributed by atoms with Crippen molar-refractivity contribution in [3.63, 3.8) is 0 Å². The first-order chi connectivity index (χ1) is 8.95. The van der Waals surface area contributed by atoms with Crippen molar-refractivity contribution in [3.8, 4) is 0 Å². The first kappa shape index (κ1) is 15.6. The highest BCUT2D eigenvalue weighted by molar-refractivity contribution is 6.00. The highest BCUT2D eigenvalue weighted by Crippen LogP contribution is 2.30. The van der Waals surface area contributed by atoms with Gasteiger partial charge in [-0.25, -0.2) is 0 Å². The Bertz CT molecular complexity index is 387. The first-order valence-electron chi connectivity index (χ1n) is 6.91. The Labute approximate surface area is 114 Å². The SMILES string of the molecule is C/C=C\C(=O)N(CC1CCCC(C(C)=O)C1)C(C)=O. The standard InChI is InChI=1S/C15H23NO3/c1-4-6-15(19)16(12(3)18)10-13-7-5-8-14(9-13)11(2)17/h4,6,13-14H,5,7-10H2,1-3H3/b6-4-. The molecule has 0 aromatic heterocycles. The minimum atomic E-state index is -0.264. The number of hydrogen-bond donors (Lipinski definition) is 0. The van der Waals surface area contributed by atoms with Gasteiger partial charge in [-0.15, -0.1) is 0 Å². The van der Waals surface area contributed by atoms with Crippen LogP contribution < -0.4 is 0 Å². The van der Waals surface area contributed by atoms with E-state index in [0.29, 0.717) is 6.54 Å². The van der Waals surface area contributed by atoms with Gasteiger partial charge in [0, 0.05) is 19.4 Å². The average molecular weight is 265 g/mol. The highest BCUT2D eigenvalue weighted by atomic mass is 16.2. The molecule has 2 atom stereocenters. The van der Waals surface area contributed by atoms with Gasteiger partial charge in [0.05, 0.1) is 0 Å². The van der Waals surface area contributed by atoms with E-state index < -0.39 is 0 Å². The fourth-order valence-corrected chi connectivity index (χ4v) is 2.69. The van der Waals surface area contributed by atoms with Crippen molar-refractivity contribution in [2.75, 3.05) is 6.54 Å². The minimum Gasteiger partial charge on any atom is -0.300 e. The largest absolute Gasteiger partial charge is 0.300 e. The lowest BCUT2D eigenvalue weighted by molar-refractivity contribution is -0.141. The summed E-state index contributed by atoms with van der Waals surface area (Å²) in [6.45, 7) is 5.22. The smallest absolute Gasteiger partial charge is 0.252 e. The Morgan fingerprint density at radius 3 is 2.42 bits per heavy atom. The molecule has 4 heteroatoms. The van der Waals surface area contributed by atoms with Crippen LogP contribution in [-0.4, -0.2) is 29.0 Å². The van der Waals surface area contributed by atoms with Crippen LogP contribution in [0.25, 0.3) is 0 Å². The zero-order chi connectivity index (χ0) is 14.4. The van der Waals surface area contributed by atoms with E-state index in [-0.39, 0.29) is 29.4 Å². The topological polar surface area (TPSA) is 54.5 Å². The van der Waals surface area contributed by atoms with Gasteiger partial charge in [0.15, 0.2) is 0 Å². The zero-order valence-electron chi connectivity index (χ0n) is 12.0. The molecule has 106 valence electrons. The molecule has 0 bridgehead atoms.